The first-order valence-electron chi connectivity index (χ1n) is 12.2. The molecule has 0 aliphatic rings. The van der Waals surface area contributed by atoms with E-state index >= 15 is 0 Å². The highest BCUT2D eigenvalue weighted by atomic mass is 32.1. The fourth-order valence-corrected chi connectivity index (χ4v) is 4.49. The number of thiophene rings is 1. The van der Waals surface area contributed by atoms with Gasteiger partial charge in [0.25, 0.3) is 0 Å². The number of methoxy groups -OCH3 is 2. The monoisotopic (exact) mass is 509 g/mol. The molecule has 3 aromatic rings. The van der Waals surface area contributed by atoms with Crippen molar-refractivity contribution in [3.63, 3.8) is 0 Å². The Bertz CT molecular complexity index is 1090. The van der Waals surface area contributed by atoms with Crippen LogP contribution in [0.25, 0.3) is 0 Å². The fourth-order valence-electron chi connectivity index (χ4n) is 3.77. The first kappa shape index (κ1) is 27.1. The summed E-state index contributed by atoms with van der Waals surface area (Å²) in [5.74, 6) is 1.25. The Balaban J connectivity index is 1.72. The van der Waals surface area contributed by atoms with Crippen molar-refractivity contribution in [1.29, 1.82) is 0 Å². The third kappa shape index (κ3) is 8.02. The van der Waals surface area contributed by atoms with Crippen LogP contribution in [0.4, 0.5) is 10.5 Å². The van der Waals surface area contributed by atoms with Crippen LogP contribution in [0.1, 0.15) is 30.2 Å². The minimum Gasteiger partial charge on any atom is -0.493 e. The Kier molecular flexibility index (Phi) is 10.6. The lowest BCUT2D eigenvalue weighted by Gasteiger charge is -2.28. The first-order chi connectivity index (χ1) is 17.5. The maximum Gasteiger partial charge on any atom is 0.322 e. The number of nitrogens with one attached hydrogen (secondary N) is 1. The van der Waals surface area contributed by atoms with Gasteiger partial charge in [0.05, 0.1) is 20.8 Å². The molecule has 7 nitrogen and oxygen atoms in total. The van der Waals surface area contributed by atoms with E-state index in [0.717, 1.165) is 23.3 Å². The van der Waals surface area contributed by atoms with Gasteiger partial charge < -0.3 is 24.6 Å². The molecule has 3 rings (SSSR count). The second-order valence-electron chi connectivity index (χ2n) is 8.41. The molecule has 0 spiro atoms. The Labute approximate surface area is 217 Å². The number of rotatable bonds is 13. The smallest absolute Gasteiger partial charge is 0.322 e. The number of hydrogen-bond acceptors (Lipinski definition) is 5. The Morgan fingerprint density at radius 1 is 0.917 bits per heavy atom. The molecule has 3 amide bonds. The highest BCUT2D eigenvalue weighted by Gasteiger charge is 2.22. The molecule has 0 atom stereocenters. The van der Waals surface area contributed by atoms with E-state index in [1.54, 1.807) is 30.5 Å². The van der Waals surface area contributed by atoms with Gasteiger partial charge in [0.2, 0.25) is 5.91 Å². The van der Waals surface area contributed by atoms with Gasteiger partial charge in [-0.1, -0.05) is 43.7 Å². The lowest BCUT2D eigenvalue weighted by atomic mass is 10.1. The Morgan fingerprint density at radius 3 is 2.36 bits per heavy atom. The number of para-hydroxylation sites is 1. The third-order valence-electron chi connectivity index (χ3n) is 5.82. The van der Waals surface area contributed by atoms with Crippen LogP contribution < -0.4 is 14.8 Å². The van der Waals surface area contributed by atoms with E-state index in [4.69, 9.17) is 9.47 Å². The summed E-state index contributed by atoms with van der Waals surface area (Å²) in [5, 5.41) is 4.92. The second-order valence-corrected chi connectivity index (χ2v) is 9.44. The number of carbonyl (C=O) groups excluding carboxylic acids is 2. The van der Waals surface area contributed by atoms with Gasteiger partial charge in [0.15, 0.2) is 11.5 Å². The summed E-state index contributed by atoms with van der Waals surface area (Å²) < 4.78 is 10.8. The minimum absolute atomic E-state index is 0.0238. The summed E-state index contributed by atoms with van der Waals surface area (Å²) in [4.78, 5) is 31.1. The largest absolute Gasteiger partial charge is 0.493 e. The molecule has 0 bridgehead atoms. The van der Waals surface area contributed by atoms with Crippen molar-refractivity contribution in [2.24, 2.45) is 0 Å². The molecular formula is C28H35N3O4S. The number of anilines is 1. The molecule has 1 N–H and O–H groups in total. The van der Waals surface area contributed by atoms with Crippen LogP contribution in [-0.4, -0.2) is 55.6 Å². The zero-order valence-electron chi connectivity index (χ0n) is 21.2. The molecule has 0 fully saturated rings. The zero-order chi connectivity index (χ0) is 25.8. The van der Waals surface area contributed by atoms with E-state index in [2.05, 4.69) is 12.2 Å². The molecule has 2 aromatic carbocycles. The number of carbonyl (C=O) groups is 2. The summed E-state index contributed by atoms with van der Waals surface area (Å²) in [5.41, 5.74) is 1.75. The van der Waals surface area contributed by atoms with Crippen LogP contribution in [0.5, 0.6) is 11.5 Å². The van der Waals surface area contributed by atoms with Crippen molar-refractivity contribution in [3.8, 4) is 11.5 Å². The molecular weight excluding hydrogens is 474 g/mol. The van der Waals surface area contributed by atoms with Crippen molar-refractivity contribution in [2.75, 3.05) is 39.2 Å². The Hall–Kier alpha value is -3.52. The molecule has 0 saturated heterocycles. The maximum absolute atomic E-state index is 13.5. The van der Waals surface area contributed by atoms with E-state index in [9.17, 15) is 9.59 Å². The van der Waals surface area contributed by atoms with E-state index < -0.39 is 0 Å². The molecule has 36 heavy (non-hydrogen) atoms. The van der Waals surface area contributed by atoms with Gasteiger partial charge >= 0.3 is 6.03 Å². The number of amides is 3. The molecule has 192 valence electrons. The normalized spacial score (nSPS) is 10.5. The molecule has 8 heteroatoms. The van der Waals surface area contributed by atoms with Gasteiger partial charge in [-0.05, 0) is 54.1 Å². The zero-order valence-corrected chi connectivity index (χ0v) is 22.1. The fraction of sp³-hybridized carbons (Fsp3) is 0.357. The third-order valence-corrected chi connectivity index (χ3v) is 6.68. The number of benzene rings is 2. The average molecular weight is 510 g/mol. The average Bonchev–Trinajstić information content (AvgIpc) is 3.42. The highest BCUT2D eigenvalue weighted by Crippen LogP contribution is 2.28. The van der Waals surface area contributed by atoms with E-state index in [1.165, 1.54) is 0 Å². The molecule has 1 aromatic heterocycles. The van der Waals surface area contributed by atoms with Gasteiger partial charge in [-0.3, -0.25) is 4.79 Å². The number of unbranched alkanes of at least 4 members (excludes halogenated alkanes) is 1. The van der Waals surface area contributed by atoms with Gasteiger partial charge in [-0.2, -0.15) is 0 Å². The predicted octanol–water partition coefficient (Wildman–Crippen LogP) is 5.67. The first-order valence-corrected chi connectivity index (χ1v) is 13.0. The summed E-state index contributed by atoms with van der Waals surface area (Å²) >= 11 is 1.62. The number of hydrogen-bond donors (Lipinski definition) is 1. The van der Waals surface area contributed by atoms with Crippen LogP contribution in [0.15, 0.2) is 66.0 Å². The van der Waals surface area contributed by atoms with Gasteiger partial charge in [0, 0.05) is 23.7 Å². The van der Waals surface area contributed by atoms with Crippen LogP contribution in [-0.2, 0) is 17.8 Å². The number of ether oxygens (including phenoxy) is 2. The van der Waals surface area contributed by atoms with E-state index in [1.807, 2.05) is 70.9 Å². The minimum atomic E-state index is -0.265. The van der Waals surface area contributed by atoms with Crippen LogP contribution >= 0.6 is 11.3 Å². The van der Waals surface area contributed by atoms with Crippen molar-refractivity contribution < 1.29 is 19.1 Å². The number of nitrogens with zero attached hydrogens (tertiary/aromatic N) is 2. The van der Waals surface area contributed by atoms with Crippen LogP contribution in [0, 0.1) is 0 Å². The van der Waals surface area contributed by atoms with Crippen molar-refractivity contribution in [2.45, 2.75) is 32.7 Å². The van der Waals surface area contributed by atoms with E-state index in [-0.39, 0.29) is 18.5 Å². The molecule has 0 unspecified atom stereocenters. The lowest BCUT2D eigenvalue weighted by molar-refractivity contribution is -0.132. The second kappa shape index (κ2) is 14.1. The van der Waals surface area contributed by atoms with Gasteiger partial charge in [-0.25, -0.2) is 4.79 Å². The standard InChI is InChI=1S/C28H35N3O4S/c1-4-5-16-31(28(33)29-23-10-7-6-8-11-23)21-27(32)30(20-24-12-9-18-36-24)17-15-22-13-14-25(34-2)26(19-22)35-3/h6-14,18-19H,4-5,15-17,20-21H2,1-3H3,(H,29,33). The number of urea groups is 1. The topological polar surface area (TPSA) is 71.1 Å². The van der Waals surface area contributed by atoms with Crippen LogP contribution in [0.2, 0.25) is 0 Å². The Morgan fingerprint density at radius 2 is 1.69 bits per heavy atom. The summed E-state index contributed by atoms with van der Waals surface area (Å²) in [6, 6.07) is 18.9. The molecule has 1 heterocycles. The molecule has 0 aliphatic heterocycles. The molecule has 0 radical (unpaired) electrons. The maximum atomic E-state index is 13.5. The van der Waals surface area contributed by atoms with Crippen LogP contribution in [0.3, 0.4) is 0 Å². The summed E-state index contributed by atoms with van der Waals surface area (Å²) in [7, 11) is 3.22. The SMILES string of the molecule is CCCCN(CC(=O)N(CCc1ccc(OC)c(OC)c1)Cc1cccs1)C(=O)Nc1ccccc1. The lowest BCUT2D eigenvalue weighted by Crippen LogP contribution is -2.45. The van der Waals surface area contributed by atoms with E-state index in [0.29, 0.717) is 43.2 Å². The van der Waals surface area contributed by atoms with Gasteiger partial charge in [-0.15, -0.1) is 11.3 Å². The van der Waals surface area contributed by atoms with Crippen molar-refractivity contribution in [1.82, 2.24) is 9.80 Å². The summed E-state index contributed by atoms with van der Waals surface area (Å²) in [6.45, 7) is 3.64. The quantitative estimate of drug-likeness (QED) is 0.322. The van der Waals surface area contributed by atoms with Crippen molar-refractivity contribution >= 4 is 29.0 Å². The molecule has 0 saturated carbocycles. The predicted molar refractivity (Wildman–Crippen MR) is 145 cm³/mol. The van der Waals surface area contributed by atoms with Gasteiger partial charge in [0.1, 0.15) is 6.54 Å². The highest BCUT2D eigenvalue weighted by molar-refractivity contribution is 7.09. The van der Waals surface area contributed by atoms with Crippen molar-refractivity contribution in [3.05, 3.63) is 76.5 Å². The summed E-state index contributed by atoms with van der Waals surface area (Å²) in [6.07, 6.45) is 2.41. The molecule has 0 aliphatic carbocycles.